The van der Waals surface area contributed by atoms with E-state index in [0.29, 0.717) is 11.5 Å². The van der Waals surface area contributed by atoms with Crippen molar-refractivity contribution < 1.29 is 14.3 Å². The zero-order valence-corrected chi connectivity index (χ0v) is 9.48. The van der Waals surface area contributed by atoms with Gasteiger partial charge in [0.15, 0.2) is 0 Å². The highest BCUT2D eigenvalue weighted by atomic mass is 16.4. The Balaban J connectivity index is 2.03. The van der Waals surface area contributed by atoms with E-state index in [1.54, 1.807) is 18.2 Å². The van der Waals surface area contributed by atoms with E-state index in [1.165, 1.54) is 25.7 Å². The maximum absolute atomic E-state index is 10.9. The second-order valence-corrected chi connectivity index (χ2v) is 4.69. The highest BCUT2D eigenvalue weighted by Gasteiger charge is 2.20. The van der Waals surface area contributed by atoms with Crippen molar-refractivity contribution in [2.45, 2.75) is 31.6 Å². The molecule has 1 aliphatic rings. The Bertz CT molecular complexity index is 562. The lowest BCUT2D eigenvalue weighted by atomic mass is 10.0. The van der Waals surface area contributed by atoms with Crippen molar-refractivity contribution in [3.63, 3.8) is 0 Å². The third-order valence-corrected chi connectivity index (χ3v) is 3.54. The lowest BCUT2D eigenvalue weighted by molar-refractivity contribution is 0.0697. The zero-order chi connectivity index (χ0) is 11.8. The van der Waals surface area contributed by atoms with Gasteiger partial charge in [0, 0.05) is 11.3 Å². The Morgan fingerprint density at radius 1 is 1.24 bits per heavy atom. The fourth-order valence-electron chi connectivity index (χ4n) is 2.61. The van der Waals surface area contributed by atoms with Crippen LogP contribution in [0.15, 0.2) is 28.7 Å². The minimum atomic E-state index is -0.893. The molecule has 1 saturated carbocycles. The van der Waals surface area contributed by atoms with E-state index in [2.05, 4.69) is 0 Å². The summed E-state index contributed by atoms with van der Waals surface area (Å²) in [7, 11) is 0. The summed E-state index contributed by atoms with van der Waals surface area (Å²) in [5.74, 6) is 0.645. The zero-order valence-electron chi connectivity index (χ0n) is 9.48. The normalized spacial score (nSPS) is 16.7. The number of hydrogen-bond acceptors (Lipinski definition) is 2. The molecule has 3 rings (SSSR count). The molecule has 0 spiro atoms. The minimum absolute atomic E-state index is 0.316. The van der Waals surface area contributed by atoms with Gasteiger partial charge in [-0.05, 0) is 37.1 Å². The number of carbonyl (C=O) groups is 1. The van der Waals surface area contributed by atoms with E-state index in [9.17, 15) is 4.79 Å². The molecule has 3 heteroatoms. The van der Waals surface area contributed by atoms with E-state index in [1.807, 2.05) is 6.07 Å². The van der Waals surface area contributed by atoms with Crippen LogP contribution in [0.3, 0.4) is 0 Å². The molecule has 0 unspecified atom stereocenters. The molecule has 1 N–H and O–H groups in total. The summed E-state index contributed by atoms with van der Waals surface area (Å²) in [5.41, 5.74) is 1.10. The minimum Gasteiger partial charge on any atom is -0.478 e. The first kappa shape index (κ1) is 10.4. The van der Waals surface area contributed by atoms with E-state index < -0.39 is 5.97 Å². The smallest absolute Gasteiger partial charge is 0.335 e. The van der Waals surface area contributed by atoms with Gasteiger partial charge in [-0.2, -0.15) is 0 Å². The predicted molar refractivity (Wildman–Crippen MR) is 64.4 cm³/mol. The van der Waals surface area contributed by atoms with Gasteiger partial charge in [-0.15, -0.1) is 0 Å². The lowest BCUT2D eigenvalue weighted by Crippen LogP contribution is -1.94. The molecule has 0 bridgehead atoms. The molecule has 1 heterocycles. The molecule has 17 heavy (non-hydrogen) atoms. The molecule has 0 atom stereocenters. The van der Waals surface area contributed by atoms with Gasteiger partial charge in [0.2, 0.25) is 0 Å². The number of benzene rings is 1. The van der Waals surface area contributed by atoms with E-state index in [0.717, 1.165) is 16.7 Å². The Hall–Kier alpha value is -1.77. The van der Waals surface area contributed by atoms with Crippen LogP contribution >= 0.6 is 0 Å². The quantitative estimate of drug-likeness (QED) is 0.853. The van der Waals surface area contributed by atoms with Crippen molar-refractivity contribution in [1.29, 1.82) is 0 Å². The largest absolute Gasteiger partial charge is 0.478 e. The Morgan fingerprint density at radius 3 is 2.71 bits per heavy atom. The summed E-state index contributed by atoms with van der Waals surface area (Å²) in [4.78, 5) is 10.9. The van der Waals surface area contributed by atoms with Crippen LogP contribution in [0.1, 0.15) is 47.7 Å². The highest BCUT2D eigenvalue weighted by Crippen LogP contribution is 2.36. The lowest BCUT2D eigenvalue weighted by Gasteiger charge is -2.02. The Labute approximate surface area is 99.0 Å². The first-order valence-electron chi connectivity index (χ1n) is 6.01. The van der Waals surface area contributed by atoms with Gasteiger partial charge in [-0.1, -0.05) is 12.8 Å². The fourth-order valence-corrected chi connectivity index (χ4v) is 2.61. The van der Waals surface area contributed by atoms with Crippen LogP contribution in [-0.4, -0.2) is 11.1 Å². The first-order chi connectivity index (χ1) is 8.24. The van der Waals surface area contributed by atoms with Crippen LogP contribution in [0.5, 0.6) is 0 Å². The number of carboxylic acid groups (broad SMARTS) is 1. The standard InChI is InChI=1S/C14H14O3/c15-14(16)10-5-6-12-11(7-10)8-13(17-12)9-3-1-2-4-9/h5-9H,1-4H2,(H,15,16). The monoisotopic (exact) mass is 230 g/mol. The van der Waals surface area contributed by atoms with E-state index in [-0.39, 0.29) is 0 Å². The molecule has 0 amide bonds. The van der Waals surface area contributed by atoms with Gasteiger partial charge in [-0.25, -0.2) is 4.79 Å². The topological polar surface area (TPSA) is 50.4 Å². The van der Waals surface area contributed by atoms with Gasteiger partial charge in [0.1, 0.15) is 11.3 Å². The van der Waals surface area contributed by atoms with Gasteiger partial charge >= 0.3 is 5.97 Å². The molecular formula is C14H14O3. The number of carboxylic acids is 1. The SMILES string of the molecule is O=C(O)c1ccc2oc(C3CCCC3)cc2c1. The summed E-state index contributed by atoms with van der Waals surface area (Å²) >= 11 is 0. The maximum Gasteiger partial charge on any atom is 0.335 e. The molecule has 0 radical (unpaired) electrons. The number of fused-ring (bicyclic) bond motifs is 1. The molecule has 2 aromatic rings. The Morgan fingerprint density at radius 2 is 2.00 bits per heavy atom. The number of rotatable bonds is 2. The van der Waals surface area contributed by atoms with Gasteiger partial charge in [-0.3, -0.25) is 0 Å². The molecular weight excluding hydrogens is 216 g/mol. The third kappa shape index (κ3) is 1.82. The van der Waals surface area contributed by atoms with Gasteiger partial charge in [0.05, 0.1) is 5.56 Å². The summed E-state index contributed by atoms with van der Waals surface area (Å²) < 4.78 is 5.79. The fraction of sp³-hybridized carbons (Fsp3) is 0.357. The molecule has 0 aliphatic heterocycles. The maximum atomic E-state index is 10.9. The summed E-state index contributed by atoms with van der Waals surface area (Å²) in [6.07, 6.45) is 4.90. The number of aromatic carboxylic acids is 1. The molecule has 1 aromatic heterocycles. The van der Waals surface area contributed by atoms with Crippen molar-refractivity contribution in [3.05, 3.63) is 35.6 Å². The van der Waals surface area contributed by atoms with Crippen molar-refractivity contribution >= 4 is 16.9 Å². The second kappa shape index (κ2) is 3.91. The van der Waals surface area contributed by atoms with Crippen molar-refractivity contribution in [1.82, 2.24) is 0 Å². The van der Waals surface area contributed by atoms with Crippen molar-refractivity contribution in [2.24, 2.45) is 0 Å². The third-order valence-electron chi connectivity index (χ3n) is 3.54. The predicted octanol–water partition coefficient (Wildman–Crippen LogP) is 3.79. The molecule has 88 valence electrons. The first-order valence-corrected chi connectivity index (χ1v) is 6.01. The Kier molecular flexibility index (Phi) is 2.39. The van der Waals surface area contributed by atoms with Crippen LogP contribution in [0.25, 0.3) is 11.0 Å². The molecule has 1 aliphatic carbocycles. The molecule has 3 nitrogen and oxygen atoms in total. The summed E-state index contributed by atoms with van der Waals surface area (Å²) in [6, 6.07) is 7.02. The molecule has 1 aromatic carbocycles. The van der Waals surface area contributed by atoms with Crippen molar-refractivity contribution in [2.75, 3.05) is 0 Å². The van der Waals surface area contributed by atoms with E-state index in [4.69, 9.17) is 9.52 Å². The molecule has 0 saturated heterocycles. The summed E-state index contributed by atoms with van der Waals surface area (Å²) in [6.45, 7) is 0. The van der Waals surface area contributed by atoms with Crippen LogP contribution < -0.4 is 0 Å². The van der Waals surface area contributed by atoms with Crippen LogP contribution in [-0.2, 0) is 0 Å². The average Bonchev–Trinajstić information content (AvgIpc) is 2.96. The van der Waals surface area contributed by atoms with Crippen LogP contribution in [0, 0.1) is 0 Å². The van der Waals surface area contributed by atoms with Gasteiger partial charge in [0.25, 0.3) is 0 Å². The van der Waals surface area contributed by atoms with Crippen LogP contribution in [0.4, 0.5) is 0 Å². The van der Waals surface area contributed by atoms with Gasteiger partial charge < -0.3 is 9.52 Å². The molecule has 1 fully saturated rings. The van der Waals surface area contributed by atoms with Crippen LogP contribution in [0.2, 0.25) is 0 Å². The summed E-state index contributed by atoms with van der Waals surface area (Å²) in [5, 5.41) is 9.83. The van der Waals surface area contributed by atoms with E-state index >= 15 is 0 Å². The second-order valence-electron chi connectivity index (χ2n) is 4.69. The van der Waals surface area contributed by atoms with Crippen molar-refractivity contribution in [3.8, 4) is 0 Å². The average molecular weight is 230 g/mol. The number of hydrogen-bond donors (Lipinski definition) is 1. The number of furan rings is 1. The highest BCUT2D eigenvalue weighted by molar-refractivity contribution is 5.93.